The number of aliphatic carboxylic acids is 1. The molecule has 1 saturated heterocycles. The lowest BCUT2D eigenvalue weighted by Crippen LogP contribution is -2.43. The summed E-state index contributed by atoms with van der Waals surface area (Å²) in [6.45, 7) is 3.56. The number of carbonyl (C=O) groups is 3. The zero-order chi connectivity index (χ0) is 24.9. The first-order valence-corrected chi connectivity index (χ1v) is 13.7. The Kier molecular flexibility index (Phi) is 13.3. The van der Waals surface area contributed by atoms with Crippen LogP contribution >= 0.6 is 12.6 Å². The second-order valence-corrected chi connectivity index (χ2v) is 10.1. The van der Waals surface area contributed by atoms with Crippen molar-refractivity contribution in [3.8, 4) is 0 Å². The van der Waals surface area contributed by atoms with Gasteiger partial charge in [0.05, 0.1) is 12.7 Å². The fourth-order valence-electron chi connectivity index (χ4n) is 5.02. The molecular weight excluding hydrogens is 456 g/mol. The van der Waals surface area contributed by atoms with Gasteiger partial charge in [0, 0.05) is 36.7 Å². The molecule has 0 unspecified atom stereocenters. The highest BCUT2D eigenvalue weighted by molar-refractivity contribution is 7.80. The lowest BCUT2D eigenvalue weighted by molar-refractivity contribution is -0.150. The SMILES string of the molecule is C1CCC(NC2CCCCC2)CC1.CCOC(=O)CO[C@@H]1C[C@@H](C(=O)O)N(C(=O)[C@H](C)CS)C1. The third-order valence-electron chi connectivity index (χ3n) is 6.95. The van der Waals surface area contributed by atoms with Gasteiger partial charge in [-0.05, 0) is 32.6 Å². The van der Waals surface area contributed by atoms with E-state index in [9.17, 15) is 19.5 Å². The molecule has 0 aromatic carbocycles. The number of carbonyl (C=O) groups excluding carboxylic acids is 2. The van der Waals surface area contributed by atoms with Gasteiger partial charge in [-0.1, -0.05) is 45.4 Å². The van der Waals surface area contributed by atoms with Crippen LogP contribution in [0.1, 0.15) is 84.5 Å². The molecule has 8 nitrogen and oxygen atoms in total. The summed E-state index contributed by atoms with van der Waals surface area (Å²) in [6.07, 6.45) is 14.3. The molecule has 0 bridgehead atoms. The number of amides is 1. The Balaban J connectivity index is 0.000000266. The Labute approximate surface area is 209 Å². The largest absolute Gasteiger partial charge is 0.480 e. The van der Waals surface area contributed by atoms with E-state index in [0.717, 1.165) is 12.1 Å². The average Bonchev–Trinajstić information content (AvgIpc) is 3.28. The molecule has 2 N–H and O–H groups in total. The summed E-state index contributed by atoms with van der Waals surface area (Å²) in [4.78, 5) is 35.9. The van der Waals surface area contributed by atoms with Crippen molar-refractivity contribution in [2.45, 2.75) is 109 Å². The summed E-state index contributed by atoms with van der Waals surface area (Å²) in [5.41, 5.74) is 0. The monoisotopic (exact) mass is 500 g/mol. The van der Waals surface area contributed by atoms with Gasteiger partial charge in [0.15, 0.2) is 0 Å². The maximum atomic E-state index is 12.1. The van der Waals surface area contributed by atoms with Gasteiger partial charge in [-0.25, -0.2) is 9.59 Å². The van der Waals surface area contributed by atoms with Crippen molar-refractivity contribution in [2.75, 3.05) is 25.5 Å². The number of nitrogens with one attached hydrogen (secondary N) is 1. The van der Waals surface area contributed by atoms with Crippen LogP contribution in [0.4, 0.5) is 0 Å². The number of carboxylic acid groups (broad SMARTS) is 1. The Morgan fingerprint density at radius 3 is 2.06 bits per heavy atom. The first kappa shape index (κ1) is 28.9. The Hall–Kier alpha value is -1.32. The molecule has 9 heteroatoms. The van der Waals surface area contributed by atoms with Gasteiger partial charge in [-0.2, -0.15) is 12.6 Å². The minimum Gasteiger partial charge on any atom is -0.480 e. The third-order valence-corrected chi connectivity index (χ3v) is 7.50. The van der Waals surface area contributed by atoms with Crippen LogP contribution in [-0.4, -0.2) is 77.6 Å². The third kappa shape index (κ3) is 9.74. The molecule has 1 aliphatic heterocycles. The molecule has 1 heterocycles. The molecule has 0 aromatic rings. The topological polar surface area (TPSA) is 105 Å². The smallest absolute Gasteiger partial charge is 0.332 e. The van der Waals surface area contributed by atoms with Crippen molar-refractivity contribution in [3.05, 3.63) is 0 Å². The van der Waals surface area contributed by atoms with Crippen LogP contribution in [0.5, 0.6) is 0 Å². The quantitative estimate of drug-likeness (QED) is 0.329. The van der Waals surface area contributed by atoms with E-state index in [2.05, 4.69) is 17.9 Å². The number of rotatable bonds is 9. The molecule has 1 amide bonds. The van der Waals surface area contributed by atoms with Crippen LogP contribution in [0, 0.1) is 5.92 Å². The van der Waals surface area contributed by atoms with Crippen LogP contribution in [0.3, 0.4) is 0 Å². The zero-order valence-electron chi connectivity index (χ0n) is 20.9. The highest BCUT2D eigenvalue weighted by atomic mass is 32.1. The van der Waals surface area contributed by atoms with Crippen molar-refractivity contribution in [3.63, 3.8) is 0 Å². The molecule has 3 atom stereocenters. The summed E-state index contributed by atoms with van der Waals surface area (Å²) in [5.74, 6) is -1.86. The van der Waals surface area contributed by atoms with Crippen molar-refractivity contribution in [1.82, 2.24) is 10.2 Å². The van der Waals surface area contributed by atoms with Crippen LogP contribution < -0.4 is 5.32 Å². The predicted octanol–water partition coefficient (Wildman–Crippen LogP) is 3.43. The lowest BCUT2D eigenvalue weighted by Gasteiger charge is -2.30. The molecule has 3 fully saturated rings. The Morgan fingerprint density at radius 2 is 1.59 bits per heavy atom. The number of thiol groups is 1. The van der Waals surface area contributed by atoms with Crippen molar-refractivity contribution < 1.29 is 29.0 Å². The van der Waals surface area contributed by atoms with Crippen molar-refractivity contribution in [1.29, 1.82) is 0 Å². The molecular formula is C25H44N2O6S. The molecule has 196 valence electrons. The van der Waals surface area contributed by atoms with Gasteiger partial charge in [0.25, 0.3) is 0 Å². The van der Waals surface area contributed by atoms with E-state index in [4.69, 9.17) is 9.47 Å². The zero-order valence-corrected chi connectivity index (χ0v) is 21.8. The Bertz CT molecular complexity index is 621. The average molecular weight is 501 g/mol. The van der Waals surface area contributed by atoms with E-state index in [1.165, 1.54) is 69.1 Å². The highest BCUT2D eigenvalue weighted by Gasteiger charge is 2.41. The summed E-state index contributed by atoms with van der Waals surface area (Å²) in [6, 6.07) is 0.820. The second-order valence-electron chi connectivity index (χ2n) is 9.74. The van der Waals surface area contributed by atoms with E-state index in [1.807, 2.05) is 0 Å². The number of hydrogen-bond acceptors (Lipinski definition) is 7. The summed E-state index contributed by atoms with van der Waals surface area (Å²) < 4.78 is 10.1. The maximum absolute atomic E-state index is 12.1. The molecule has 34 heavy (non-hydrogen) atoms. The predicted molar refractivity (Wildman–Crippen MR) is 134 cm³/mol. The minimum absolute atomic E-state index is 0.160. The fraction of sp³-hybridized carbons (Fsp3) is 0.880. The maximum Gasteiger partial charge on any atom is 0.332 e. The molecule has 2 saturated carbocycles. The van der Waals surface area contributed by atoms with E-state index < -0.39 is 24.1 Å². The summed E-state index contributed by atoms with van der Waals surface area (Å²) in [7, 11) is 0. The molecule has 0 radical (unpaired) electrons. The van der Waals surface area contributed by atoms with Gasteiger partial charge in [0.1, 0.15) is 12.6 Å². The normalized spacial score (nSPS) is 24.7. The van der Waals surface area contributed by atoms with Crippen LogP contribution in [-0.2, 0) is 23.9 Å². The van der Waals surface area contributed by atoms with Crippen LogP contribution in [0.15, 0.2) is 0 Å². The molecule has 2 aliphatic carbocycles. The molecule has 3 aliphatic rings. The summed E-state index contributed by atoms with van der Waals surface area (Å²) in [5, 5.41) is 13.1. The number of hydrogen-bond donors (Lipinski definition) is 3. The number of ether oxygens (including phenoxy) is 2. The number of esters is 1. The second kappa shape index (κ2) is 15.6. The summed E-state index contributed by atoms with van der Waals surface area (Å²) >= 11 is 4.06. The number of nitrogens with zero attached hydrogens (tertiary/aromatic N) is 1. The lowest BCUT2D eigenvalue weighted by atomic mass is 9.91. The van der Waals surface area contributed by atoms with Crippen molar-refractivity contribution >= 4 is 30.5 Å². The van der Waals surface area contributed by atoms with Gasteiger partial charge in [-0.15, -0.1) is 0 Å². The van der Waals surface area contributed by atoms with Gasteiger partial charge >= 0.3 is 11.9 Å². The molecule has 0 spiro atoms. The van der Waals surface area contributed by atoms with Crippen LogP contribution in [0.2, 0.25) is 0 Å². The van der Waals surface area contributed by atoms with E-state index in [-0.39, 0.29) is 38.0 Å². The van der Waals surface area contributed by atoms with E-state index in [1.54, 1.807) is 13.8 Å². The molecule has 3 rings (SSSR count). The van der Waals surface area contributed by atoms with Crippen molar-refractivity contribution in [2.24, 2.45) is 5.92 Å². The first-order valence-electron chi connectivity index (χ1n) is 13.0. The number of carboxylic acids is 1. The molecule has 0 aromatic heterocycles. The number of likely N-dealkylation sites (tertiary alicyclic amines) is 1. The Morgan fingerprint density at radius 1 is 1.03 bits per heavy atom. The van der Waals surface area contributed by atoms with Gasteiger partial charge in [0.2, 0.25) is 5.91 Å². The highest BCUT2D eigenvalue weighted by Crippen LogP contribution is 2.24. The minimum atomic E-state index is -1.07. The van der Waals surface area contributed by atoms with E-state index in [0.29, 0.717) is 5.75 Å². The fourth-order valence-corrected chi connectivity index (χ4v) is 5.17. The van der Waals surface area contributed by atoms with Gasteiger partial charge in [-0.3, -0.25) is 4.79 Å². The first-order chi connectivity index (χ1) is 16.3. The standard InChI is InChI=1S/C13H21NO6S.C12H23N/c1-3-19-11(15)6-20-9-4-10(13(17)18)14(5-9)12(16)8(2)7-21;1-3-7-11(8-4-1)13-12-9-5-2-6-10-12/h8-10,21H,3-7H2,1-2H3,(H,17,18);11-13H,1-10H2/t8-,9-,10+;/m1./s1. The van der Waals surface area contributed by atoms with Crippen LogP contribution in [0.25, 0.3) is 0 Å². The van der Waals surface area contributed by atoms with Gasteiger partial charge < -0.3 is 24.8 Å². The van der Waals surface area contributed by atoms with E-state index >= 15 is 0 Å².